The zero-order valence-corrected chi connectivity index (χ0v) is 22.6. The summed E-state index contributed by atoms with van der Waals surface area (Å²) in [6, 6.07) is -2.29. The van der Waals surface area contributed by atoms with E-state index in [0.29, 0.717) is 12.1 Å². The van der Waals surface area contributed by atoms with Crippen molar-refractivity contribution < 1.29 is 29.0 Å². The lowest BCUT2D eigenvalue weighted by atomic mass is 9.71. The summed E-state index contributed by atoms with van der Waals surface area (Å²) in [6.07, 6.45) is 3.84. The van der Waals surface area contributed by atoms with Gasteiger partial charge in [-0.25, -0.2) is 14.3 Å². The molecule has 2 amide bonds. The highest BCUT2D eigenvalue weighted by Gasteiger charge is 2.47. The van der Waals surface area contributed by atoms with Crippen LogP contribution in [0.4, 0.5) is 4.79 Å². The first-order valence-corrected chi connectivity index (χ1v) is 12.5. The standard InChI is InChI=1S/C25H41N5O6/c1-9-15(10-2)16-12-17(23(33)35-8)22(30-13-18(28-29-30)19(32)11-3)21(20(16)26-14(4)31)27-24(34)36-25(5,6)7/h12-13,15-16,19-22,32H,9-11H2,1-8H3,(H,26,31)(H,27,34)/t16-,19?,20-,21+,22-/m0/s1. The minimum absolute atomic E-state index is 0.110. The van der Waals surface area contributed by atoms with Gasteiger partial charge in [0.2, 0.25) is 5.91 Å². The monoisotopic (exact) mass is 507 g/mol. The van der Waals surface area contributed by atoms with Crippen LogP contribution >= 0.6 is 0 Å². The predicted molar refractivity (Wildman–Crippen MR) is 133 cm³/mol. The molecular formula is C25H41N5O6. The lowest BCUT2D eigenvalue weighted by Gasteiger charge is -2.44. The number of aliphatic hydroxyl groups excluding tert-OH is 1. The van der Waals surface area contributed by atoms with Crippen LogP contribution in [0.2, 0.25) is 0 Å². The number of amides is 2. The number of hydrogen-bond donors (Lipinski definition) is 3. The summed E-state index contributed by atoms with van der Waals surface area (Å²) < 4.78 is 12.1. The second-order valence-corrected chi connectivity index (χ2v) is 10.2. The van der Waals surface area contributed by atoms with Crippen LogP contribution in [-0.2, 0) is 19.1 Å². The number of alkyl carbamates (subject to hydrolysis) is 1. The van der Waals surface area contributed by atoms with Gasteiger partial charge < -0.3 is 25.2 Å². The maximum atomic E-state index is 13.0. The van der Waals surface area contributed by atoms with E-state index in [1.54, 1.807) is 27.0 Å². The largest absolute Gasteiger partial charge is 0.466 e. The van der Waals surface area contributed by atoms with Gasteiger partial charge in [-0.1, -0.05) is 44.9 Å². The zero-order chi connectivity index (χ0) is 27.2. The normalized spacial score (nSPS) is 23.0. The molecule has 1 aromatic heterocycles. The van der Waals surface area contributed by atoms with E-state index in [9.17, 15) is 19.5 Å². The molecule has 0 spiro atoms. The molecule has 2 rings (SSSR count). The zero-order valence-electron chi connectivity index (χ0n) is 22.6. The van der Waals surface area contributed by atoms with Crippen molar-refractivity contribution in [3.8, 4) is 0 Å². The second kappa shape index (κ2) is 12.3. The number of aliphatic hydroxyl groups is 1. The molecule has 0 bridgehead atoms. The predicted octanol–water partition coefficient (Wildman–Crippen LogP) is 2.83. The third-order valence-corrected chi connectivity index (χ3v) is 6.44. The number of methoxy groups -OCH3 is 1. The Kier molecular flexibility index (Phi) is 10.0. The van der Waals surface area contributed by atoms with Crippen molar-refractivity contribution in [3.63, 3.8) is 0 Å². The van der Waals surface area contributed by atoms with Crippen molar-refractivity contribution in [1.82, 2.24) is 25.6 Å². The van der Waals surface area contributed by atoms with Gasteiger partial charge in [-0.15, -0.1) is 5.10 Å². The fraction of sp³-hybridized carbons (Fsp3) is 0.720. The Bertz CT molecular complexity index is 949. The van der Waals surface area contributed by atoms with E-state index in [1.807, 2.05) is 26.8 Å². The molecule has 202 valence electrons. The van der Waals surface area contributed by atoms with Crippen LogP contribution in [-0.4, -0.2) is 62.9 Å². The average molecular weight is 508 g/mol. The molecule has 1 aliphatic rings. The Morgan fingerprint density at radius 1 is 1.11 bits per heavy atom. The highest BCUT2D eigenvalue weighted by atomic mass is 16.6. The molecule has 0 saturated heterocycles. The first-order chi connectivity index (χ1) is 16.9. The van der Waals surface area contributed by atoms with Crippen molar-refractivity contribution in [2.75, 3.05) is 7.11 Å². The summed E-state index contributed by atoms with van der Waals surface area (Å²) in [5, 5.41) is 24.4. The molecule has 0 saturated carbocycles. The average Bonchev–Trinajstić information content (AvgIpc) is 3.28. The highest BCUT2D eigenvalue weighted by Crippen LogP contribution is 2.39. The number of nitrogens with one attached hydrogen (secondary N) is 2. The fourth-order valence-corrected chi connectivity index (χ4v) is 4.74. The van der Waals surface area contributed by atoms with Crippen LogP contribution in [0.1, 0.15) is 85.6 Å². The lowest BCUT2D eigenvalue weighted by molar-refractivity contribution is -0.137. The third kappa shape index (κ3) is 7.05. The van der Waals surface area contributed by atoms with Gasteiger partial charge in [-0.3, -0.25) is 4.79 Å². The van der Waals surface area contributed by atoms with Gasteiger partial charge in [0, 0.05) is 12.8 Å². The molecule has 1 aromatic rings. The van der Waals surface area contributed by atoms with Crippen molar-refractivity contribution in [1.29, 1.82) is 0 Å². The van der Waals surface area contributed by atoms with Crippen LogP contribution < -0.4 is 10.6 Å². The van der Waals surface area contributed by atoms with E-state index in [4.69, 9.17) is 9.47 Å². The van der Waals surface area contributed by atoms with Gasteiger partial charge in [0.05, 0.1) is 37.1 Å². The van der Waals surface area contributed by atoms with Gasteiger partial charge in [0.25, 0.3) is 0 Å². The van der Waals surface area contributed by atoms with E-state index < -0.39 is 41.9 Å². The van der Waals surface area contributed by atoms with Gasteiger partial charge in [-0.05, 0) is 33.1 Å². The Hall–Kier alpha value is -2.95. The van der Waals surface area contributed by atoms with Crippen molar-refractivity contribution in [2.24, 2.45) is 11.8 Å². The maximum absolute atomic E-state index is 13.0. The fourth-order valence-electron chi connectivity index (χ4n) is 4.74. The quantitative estimate of drug-likeness (QED) is 0.433. The number of carbonyl (C=O) groups is 3. The smallest absolute Gasteiger partial charge is 0.408 e. The SMILES string of the molecule is CCC(O)c1cn([C@H]2C(C(=O)OC)=C[C@@H](C(CC)CC)[C@H](NC(C)=O)[C@H]2NC(=O)OC(C)(C)C)nn1. The molecule has 1 aliphatic carbocycles. The molecule has 0 aliphatic heterocycles. The van der Waals surface area contributed by atoms with E-state index >= 15 is 0 Å². The van der Waals surface area contributed by atoms with Crippen molar-refractivity contribution >= 4 is 18.0 Å². The molecule has 3 N–H and O–H groups in total. The number of carbonyl (C=O) groups excluding carboxylic acids is 3. The molecule has 1 unspecified atom stereocenters. The van der Waals surface area contributed by atoms with E-state index in [-0.39, 0.29) is 23.3 Å². The maximum Gasteiger partial charge on any atom is 0.408 e. The van der Waals surface area contributed by atoms with Crippen LogP contribution in [0.3, 0.4) is 0 Å². The third-order valence-electron chi connectivity index (χ3n) is 6.44. The minimum atomic E-state index is -0.877. The number of rotatable bonds is 9. The summed E-state index contributed by atoms with van der Waals surface area (Å²) in [4.78, 5) is 38.4. The molecule has 0 fully saturated rings. The summed E-state index contributed by atoms with van der Waals surface area (Å²) in [5.41, 5.74) is -0.158. The number of aromatic nitrogens is 3. The molecular weight excluding hydrogens is 466 g/mol. The summed E-state index contributed by atoms with van der Waals surface area (Å²) >= 11 is 0. The van der Waals surface area contributed by atoms with Crippen molar-refractivity contribution in [2.45, 2.75) is 97.6 Å². The Labute approximate surface area is 213 Å². The molecule has 11 heteroatoms. The number of ether oxygens (including phenoxy) is 2. The first-order valence-electron chi connectivity index (χ1n) is 12.5. The summed E-state index contributed by atoms with van der Waals surface area (Å²) in [6.45, 7) is 12.6. The Balaban J connectivity index is 2.74. The first kappa shape index (κ1) is 29.3. The Morgan fingerprint density at radius 2 is 1.75 bits per heavy atom. The number of esters is 1. The van der Waals surface area contributed by atoms with Crippen LogP contribution in [0, 0.1) is 11.8 Å². The Morgan fingerprint density at radius 3 is 2.25 bits per heavy atom. The van der Waals surface area contributed by atoms with Gasteiger partial charge in [0.15, 0.2) is 0 Å². The van der Waals surface area contributed by atoms with Crippen LogP contribution in [0.5, 0.6) is 0 Å². The minimum Gasteiger partial charge on any atom is -0.466 e. The lowest BCUT2D eigenvalue weighted by Crippen LogP contribution is -2.62. The van der Waals surface area contributed by atoms with E-state index in [0.717, 1.165) is 12.8 Å². The second-order valence-electron chi connectivity index (χ2n) is 10.2. The summed E-state index contributed by atoms with van der Waals surface area (Å²) in [7, 11) is 1.29. The molecule has 0 aromatic carbocycles. The molecule has 36 heavy (non-hydrogen) atoms. The van der Waals surface area contributed by atoms with Gasteiger partial charge in [0.1, 0.15) is 17.3 Å². The molecule has 11 nitrogen and oxygen atoms in total. The van der Waals surface area contributed by atoms with Gasteiger partial charge in [-0.2, -0.15) is 0 Å². The topological polar surface area (TPSA) is 145 Å². The van der Waals surface area contributed by atoms with E-state index in [1.165, 1.54) is 18.7 Å². The van der Waals surface area contributed by atoms with E-state index in [2.05, 4.69) is 20.9 Å². The van der Waals surface area contributed by atoms with Crippen molar-refractivity contribution in [3.05, 3.63) is 23.5 Å². The highest BCUT2D eigenvalue weighted by molar-refractivity contribution is 5.90. The van der Waals surface area contributed by atoms with Crippen LogP contribution in [0.25, 0.3) is 0 Å². The number of hydrogen-bond acceptors (Lipinski definition) is 8. The molecule has 0 radical (unpaired) electrons. The summed E-state index contributed by atoms with van der Waals surface area (Å²) in [5.74, 6) is -1.03. The number of nitrogens with zero attached hydrogens (tertiary/aromatic N) is 3. The molecule has 5 atom stereocenters. The molecule has 1 heterocycles. The van der Waals surface area contributed by atoms with Gasteiger partial charge >= 0.3 is 12.1 Å². The van der Waals surface area contributed by atoms with Crippen LogP contribution in [0.15, 0.2) is 17.8 Å².